The minimum atomic E-state index is -0.326. The smallest absolute Gasteiger partial charge is 0.219 e. The molecule has 23 heavy (non-hydrogen) atoms. The van der Waals surface area contributed by atoms with Crippen LogP contribution in [0.25, 0.3) is 11.3 Å². The number of carbonyl (C=O) groups excluding carboxylic acids is 1. The molecule has 1 fully saturated rings. The zero-order chi connectivity index (χ0) is 16.2. The molecule has 2 aromatic rings. The van der Waals surface area contributed by atoms with Crippen LogP contribution in [0.5, 0.6) is 0 Å². The first-order valence-corrected chi connectivity index (χ1v) is 7.80. The second-order valence-electron chi connectivity index (χ2n) is 5.84. The number of pyridine rings is 1. The maximum atomic E-state index is 13.0. The average Bonchev–Trinajstić information content (AvgIpc) is 2.56. The molecular formula is C18H20FN3O. The molecule has 0 spiro atoms. The highest BCUT2D eigenvalue weighted by Crippen LogP contribution is 2.19. The van der Waals surface area contributed by atoms with Gasteiger partial charge in [-0.2, -0.15) is 0 Å². The van der Waals surface area contributed by atoms with Gasteiger partial charge in [0.05, 0.1) is 11.9 Å². The van der Waals surface area contributed by atoms with E-state index < -0.39 is 0 Å². The molecule has 0 N–H and O–H groups in total. The first-order chi connectivity index (χ1) is 11.1. The molecule has 2 heterocycles. The predicted octanol–water partition coefficient (Wildman–Crippen LogP) is 2.55. The fourth-order valence-corrected chi connectivity index (χ4v) is 2.85. The Hall–Kier alpha value is -2.27. The molecule has 1 aromatic carbocycles. The summed E-state index contributed by atoms with van der Waals surface area (Å²) >= 11 is 0. The Labute approximate surface area is 135 Å². The van der Waals surface area contributed by atoms with Gasteiger partial charge in [0.2, 0.25) is 5.91 Å². The number of benzene rings is 1. The van der Waals surface area contributed by atoms with Crippen molar-refractivity contribution in [1.29, 1.82) is 0 Å². The molecule has 0 atom stereocenters. The van der Waals surface area contributed by atoms with Crippen LogP contribution in [0.2, 0.25) is 0 Å². The molecule has 3 rings (SSSR count). The van der Waals surface area contributed by atoms with Gasteiger partial charge in [-0.25, -0.2) is 4.39 Å². The van der Waals surface area contributed by atoms with Crippen molar-refractivity contribution >= 4 is 5.91 Å². The lowest BCUT2D eigenvalue weighted by atomic mass is 10.1. The number of hydrogen-bond acceptors (Lipinski definition) is 3. The van der Waals surface area contributed by atoms with Crippen LogP contribution in [0.15, 0.2) is 42.6 Å². The Morgan fingerprint density at radius 2 is 1.96 bits per heavy atom. The van der Waals surface area contributed by atoms with Gasteiger partial charge in [-0.1, -0.05) is 18.2 Å². The summed E-state index contributed by atoms with van der Waals surface area (Å²) in [6.45, 7) is 5.82. The summed E-state index contributed by atoms with van der Waals surface area (Å²) < 4.78 is 13.0. The van der Waals surface area contributed by atoms with Crippen LogP contribution < -0.4 is 0 Å². The van der Waals surface area contributed by atoms with E-state index in [4.69, 9.17) is 0 Å². The fourth-order valence-electron chi connectivity index (χ4n) is 2.85. The molecule has 1 aliphatic rings. The number of rotatable bonds is 3. The lowest BCUT2D eigenvalue weighted by Gasteiger charge is -2.34. The van der Waals surface area contributed by atoms with Crippen LogP contribution in [0.3, 0.4) is 0 Å². The minimum Gasteiger partial charge on any atom is -0.340 e. The molecule has 120 valence electrons. The molecule has 1 aromatic heterocycles. The Balaban J connectivity index is 1.66. The normalized spacial score (nSPS) is 15.7. The number of carbonyl (C=O) groups is 1. The molecule has 0 saturated carbocycles. The number of halogens is 1. The van der Waals surface area contributed by atoms with Crippen molar-refractivity contribution in [3.63, 3.8) is 0 Å². The van der Waals surface area contributed by atoms with Gasteiger partial charge in [-0.15, -0.1) is 0 Å². The van der Waals surface area contributed by atoms with E-state index in [9.17, 15) is 9.18 Å². The average molecular weight is 313 g/mol. The van der Waals surface area contributed by atoms with E-state index in [2.05, 4.69) is 22.0 Å². The van der Waals surface area contributed by atoms with Gasteiger partial charge in [0, 0.05) is 45.2 Å². The number of aromatic nitrogens is 1. The first-order valence-electron chi connectivity index (χ1n) is 7.80. The van der Waals surface area contributed by atoms with Crippen LogP contribution in [-0.4, -0.2) is 46.9 Å². The maximum Gasteiger partial charge on any atom is 0.219 e. The Bertz CT molecular complexity index is 679. The minimum absolute atomic E-state index is 0.147. The number of hydrogen-bond donors (Lipinski definition) is 0. The molecule has 1 aliphatic heterocycles. The van der Waals surface area contributed by atoms with Crippen LogP contribution in [0, 0.1) is 5.82 Å². The van der Waals surface area contributed by atoms with Gasteiger partial charge in [-0.3, -0.25) is 14.7 Å². The van der Waals surface area contributed by atoms with Gasteiger partial charge in [0.15, 0.2) is 0 Å². The van der Waals surface area contributed by atoms with Crippen molar-refractivity contribution in [1.82, 2.24) is 14.8 Å². The van der Waals surface area contributed by atoms with Crippen molar-refractivity contribution in [2.45, 2.75) is 13.5 Å². The zero-order valence-corrected chi connectivity index (χ0v) is 13.2. The SMILES string of the molecule is CC(=O)N1CCN(Cc2cccc(-c3ccc(F)cn3)c2)CC1. The summed E-state index contributed by atoms with van der Waals surface area (Å²) in [5.74, 6) is -0.178. The van der Waals surface area contributed by atoms with E-state index in [1.54, 1.807) is 13.0 Å². The molecular weight excluding hydrogens is 293 g/mol. The van der Waals surface area contributed by atoms with Crippen LogP contribution in [0.4, 0.5) is 4.39 Å². The monoisotopic (exact) mass is 313 g/mol. The number of amides is 1. The van der Waals surface area contributed by atoms with Gasteiger partial charge < -0.3 is 4.90 Å². The summed E-state index contributed by atoms with van der Waals surface area (Å²) in [6.07, 6.45) is 1.24. The van der Waals surface area contributed by atoms with Crippen LogP contribution >= 0.6 is 0 Å². The maximum absolute atomic E-state index is 13.0. The Morgan fingerprint density at radius 3 is 2.61 bits per heavy atom. The van der Waals surface area contributed by atoms with E-state index in [0.29, 0.717) is 0 Å². The summed E-state index contributed by atoms with van der Waals surface area (Å²) in [5, 5.41) is 0. The van der Waals surface area contributed by atoms with Crippen molar-refractivity contribution in [3.8, 4) is 11.3 Å². The molecule has 1 saturated heterocycles. The van der Waals surface area contributed by atoms with E-state index in [0.717, 1.165) is 44.0 Å². The van der Waals surface area contributed by atoms with Crippen molar-refractivity contribution in [2.24, 2.45) is 0 Å². The van der Waals surface area contributed by atoms with E-state index in [1.165, 1.54) is 17.8 Å². The summed E-state index contributed by atoms with van der Waals surface area (Å²) in [4.78, 5) is 19.7. The van der Waals surface area contributed by atoms with Gasteiger partial charge in [0.25, 0.3) is 0 Å². The van der Waals surface area contributed by atoms with Crippen molar-refractivity contribution in [3.05, 3.63) is 54.0 Å². The van der Waals surface area contributed by atoms with Crippen LogP contribution in [0.1, 0.15) is 12.5 Å². The summed E-state index contributed by atoms with van der Waals surface area (Å²) in [7, 11) is 0. The standard InChI is InChI=1S/C18H20FN3O/c1-14(23)22-9-7-21(8-10-22)13-15-3-2-4-16(11-15)18-6-5-17(19)12-20-18/h2-6,11-12H,7-10,13H2,1H3. The van der Waals surface area contributed by atoms with Gasteiger partial charge >= 0.3 is 0 Å². The number of piperazine rings is 1. The third kappa shape index (κ3) is 3.93. The molecule has 0 bridgehead atoms. The first kappa shape index (κ1) is 15.6. The summed E-state index contributed by atoms with van der Waals surface area (Å²) in [6, 6.07) is 11.3. The molecule has 5 heteroatoms. The highest BCUT2D eigenvalue weighted by molar-refractivity contribution is 5.73. The number of nitrogens with zero attached hydrogens (tertiary/aromatic N) is 3. The quantitative estimate of drug-likeness (QED) is 0.874. The molecule has 0 radical (unpaired) electrons. The third-order valence-electron chi connectivity index (χ3n) is 4.17. The zero-order valence-electron chi connectivity index (χ0n) is 13.2. The summed E-state index contributed by atoms with van der Waals surface area (Å²) in [5.41, 5.74) is 2.96. The second kappa shape index (κ2) is 6.87. The van der Waals surface area contributed by atoms with E-state index in [-0.39, 0.29) is 11.7 Å². The Morgan fingerprint density at radius 1 is 1.17 bits per heavy atom. The molecule has 0 unspecified atom stereocenters. The van der Waals surface area contributed by atoms with Gasteiger partial charge in [0.1, 0.15) is 5.82 Å². The topological polar surface area (TPSA) is 36.4 Å². The molecule has 4 nitrogen and oxygen atoms in total. The van der Waals surface area contributed by atoms with E-state index >= 15 is 0 Å². The lowest BCUT2D eigenvalue weighted by molar-refractivity contribution is -0.130. The van der Waals surface area contributed by atoms with Crippen molar-refractivity contribution < 1.29 is 9.18 Å². The third-order valence-corrected chi connectivity index (χ3v) is 4.17. The highest BCUT2D eigenvalue weighted by Gasteiger charge is 2.18. The van der Waals surface area contributed by atoms with E-state index in [1.807, 2.05) is 17.0 Å². The predicted molar refractivity (Wildman–Crippen MR) is 87.2 cm³/mol. The largest absolute Gasteiger partial charge is 0.340 e. The lowest BCUT2D eigenvalue weighted by Crippen LogP contribution is -2.47. The highest BCUT2D eigenvalue weighted by atomic mass is 19.1. The molecule has 0 aliphatic carbocycles. The second-order valence-corrected chi connectivity index (χ2v) is 5.84. The fraction of sp³-hybridized carbons (Fsp3) is 0.333. The van der Waals surface area contributed by atoms with Gasteiger partial charge in [-0.05, 0) is 23.8 Å². The molecule has 1 amide bonds. The van der Waals surface area contributed by atoms with Crippen LogP contribution in [-0.2, 0) is 11.3 Å². The Kier molecular flexibility index (Phi) is 4.67. The van der Waals surface area contributed by atoms with Crippen molar-refractivity contribution in [2.75, 3.05) is 26.2 Å².